The number of anilines is 1. The largest absolute Gasteiger partial charge is 0.399 e. The molecule has 17 heavy (non-hydrogen) atoms. The molecule has 0 saturated heterocycles. The fourth-order valence-corrected chi connectivity index (χ4v) is 2.29. The van der Waals surface area contributed by atoms with E-state index in [4.69, 9.17) is 5.73 Å². The molecular formula is C13H19ClN2O. The maximum atomic E-state index is 11.9. The predicted molar refractivity (Wildman–Crippen MR) is 72.4 cm³/mol. The van der Waals surface area contributed by atoms with Crippen LogP contribution in [0.2, 0.25) is 0 Å². The molecule has 2 rings (SSSR count). The number of carbonyl (C=O) groups is 1. The summed E-state index contributed by atoms with van der Waals surface area (Å²) in [4.78, 5) is 11.9. The Hall–Kier alpha value is -1.22. The van der Waals surface area contributed by atoms with Crippen LogP contribution < -0.4 is 11.1 Å². The van der Waals surface area contributed by atoms with E-state index in [9.17, 15) is 4.79 Å². The molecule has 0 spiro atoms. The molecule has 1 fully saturated rings. The highest BCUT2D eigenvalue weighted by Crippen LogP contribution is 2.25. The fourth-order valence-electron chi connectivity index (χ4n) is 2.29. The van der Waals surface area contributed by atoms with Crippen LogP contribution in [0, 0.1) is 5.92 Å². The number of halogens is 1. The summed E-state index contributed by atoms with van der Waals surface area (Å²) in [5, 5.41) is 3.08. The van der Waals surface area contributed by atoms with Gasteiger partial charge in [-0.2, -0.15) is 0 Å². The molecule has 4 heteroatoms. The standard InChI is InChI=1S/C13H18N2O.ClH/c1-9-4-2-7-12(9)15-13(16)10-5-3-6-11(14)8-10;/h3,5-6,8-9,12H,2,4,7,14H2,1H3,(H,15,16);1H. The molecule has 1 aliphatic rings. The van der Waals surface area contributed by atoms with Crippen LogP contribution in [0.3, 0.4) is 0 Å². The van der Waals surface area contributed by atoms with Gasteiger partial charge in [0.25, 0.3) is 5.91 Å². The third-order valence-corrected chi connectivity index (χ3v) is 3.33. The molecule has 1 amide bonds. The fraction of sp³-hybridized carbons (Fsp3) is 0.462. The van der Waals surface area contributed by atoms with E-state index in [2.05, 4.69) is 12.2 Å². The average Bonchev–Trinajstić information content (AvgIpc) is 2.64. The van der Waals surface area contributed by atoms with Crippen LogP contribution in [0.1, 0.15) is 36.5 Å². The van der Waals surface area contributed by atoms with Gasteiger partial charge in [0.1, 0.15) is 0 Å². The highest BCUT2D eigenvalue weighted by Gasteiger charge is 2.24. The Morgan fingerprint density at radius 2 is 2.18 bits per heavy atom. The van der Waals surface area contributed by atoms with Gasteiger partial charge in [-0.3, -0.25) is 4.79 Å². The number of rotatable bonds is 2. The predicted octanol–water partition coefficient (Wildman–Crippen LogP) is 2.61. The quantitative estimate of drug-likeness (QED) is 0.797. The number of nitrogens with two attached hydrogens (primary N) is 1. The maximum absolute atomic E-state index is 11.9. The lowest BCUT2D eigenvalue weighted by Crippen LogP contribution is -2.36. The lowest BCUT2D eigenvalue weighted by Gasteiger charge is -2.17. The molecule has 94 valence electrons. The van der Waals surface area contributed by atoms with Crippen molar-refractivity contribution >= 4 is 24.0 Å². The zero-order valence-corrected chi connectivity index (χ0v) is 10.8. The van der Waals surface area contributed by atoms with Gasteiger partial charge in [-0.15, -0.1) is 12.4 Å². The van der Waals surface area contributed by atoms with E-state index in [1.54, 1.807) is 18.2 Å². The van der Waals surface area contributed by atoms with Crippen molar-refractivity contribution in [2.45, 2.75) is 32.2 Å². The van der Waals surface area contributed by atoms with Crippen molar-refractivity contribution in [3.63, 3.8) is 0 Å². The number of hydrogen-bond acceptors (Lipinski definition) is 2. The third-order valence-electron chi connectivity index (χ3n) is 3.33. The molecule has 1 aromatic rings. The molecule has 1 aromatic carbocycles. The minimum absolute atomic E-state index is 0. The number of nitrogens with one attached hydrogen (secondary N) is 1. The van der Waals surface area contributed by atoms with Gasteiger partial charge >= 0.3 is 0 Å². The number of carbonyl (C=O) groups excluding carboxylic acids is 1. The minimum atomic E-state index is -0.00829. The van der Waals surface area contributed by atoms with Crippen LogP contribution in [0.5, 0.6) is 0 Å². The van der Waals surface area contributed by atoms with Gasteiger partial charge in [-0.25, -0.2) is 0 Å². The molecule has 1 aliphatic carbocycles. The van der Waals surface area contributed by atoms with Gasteiger partial charge in [0.15, 0.2) is 0 Å². The molecule has 0 aromatic heterocycles. The Balaban J connectivity index is 0.00000144. The second kappa shape index (κ2) is 5.92. The van der Waals surface area contributed by atoms with Crippen molar-refractivity contribution < 1.29 is 4.79 Å². The van der Waals surface area contributed by atoms with E-state index in [1.165, 1.54) is 12.8 Å². The molecule has 0 bridgehead atoms. The number of benzene rings is 1. The van der Waals surface area contributed by atoms with E-state index in [0.29, 0.717) is 23.2 Å². The topological polar surface area (TPSA) is 55.1 Å². The molecule has 2 unspecified atom stereocenters. The summed E-state index contributed by atoms with van der Waals surface area (Å²) in [6, 6.07) is 7.44. The monoisotopic (exact) mass is 254 g/mol. The Morgan fingerprint density at radius 1 is 1.41 bits per heavy atom. The van der Waals surface area contributed by atoms with Crippen molar-refractivity contribution in [1.29, 1.82) is 0 Å². The van der Waals surface area contributed by atoms with Gasteiger partial charge in [0, 0.05) is 17.3 Å². The van der Waals surface area contributed by atoms with Crippen LogP contribution in [-0.4, -0.2) is 11.9 Å². The summed E-state index contributed by atoms with van der Waals surface area (Å²) in [6.45, 7) is 2.19. The first kappa shape index (κ1) is 13.8. The van der Waals surface area contributed by atoms with Gasteiger partial charge in [-0.1, -0.05) is 19.4 Å². The van der Waals surface area contributed by atoms with Crippen LogP contribution in [0.15, 0.2) is 24.3 Å². The summed E-state index contributed by atoms with van der Waals surface area (Å²) >= 11 is 0. The molecule has 3 N–H and O–H groups in total. The lowest BCUT2D eigenvalue weighted by atomic mass is 10.1. The van der Waals surface area contributed by atoms with E-state index in [0.717, 1.165) is 6.42 Å². The normalized spacial score (nSPS) is 22.9. The van der Waals surface area contributed by atoms with Gasteiger partial charge in [-0.05, 0) is 37.0 Å². The van der Waals surface area contributed by atoms with Crippen molar-refractivity contribution in [2.24, 2.45) is 5.92 Å². The summed E-state index contributed by atoms with van der Waals surface area (Å²) < 4.78 is 0. The van der Waals surface area contributed by atoms with Crippen molar-refractivity contribution in [3.05, 3.63) is 29.8 Å². The van der Waals surface area contributed by atoms with Crippen LogP contribution >= 0.6 is 12.4 Å². The lowest BCUT2D eigenvalue weighted by molar-refractivity contribution is 0.0929. The van der Waals surface area contributed by atoms with Gasteiger partial charge in [0.2, 0.25) is 0 Å². The smallest absolute Gasteiger partial charge is 0.251 e. The van der Waals surface area contributed by atoms with Crippen molar-refractivity contribution in [2.75, 3.05) is 5.73 Å². The molecule has 1 saturated carbocycles. The summed E-state index contributed by atoms with van der Waals surface area (Å²) in [7, 11) is 0. The zero-order valence-electron chi connectivity index (χ0n) is 9.98. The van der Waals surface area contributed by atoms with Crippen molar-refractivity contribution in [3.8, 4) is 0 Å². The second-order valence-electron chi connectivity index (χ2n) is 4.61. The summed E-state index contributed by atoms with van der Waals surface area (Å²) in [5.41, 5.74) is 6.94. The first-order valence-corrected chi connectivity index (χ1v) is 5.83. The number of nitrogen functional groups attached to an aromatic ring is 1. The molecule has 3 nitrogen and oxygen atoms in total. The first-order chi connectivity index (χ1) is 7.66. The molecule has 0 radical (unpaired) electrons. The summed E-state index contributed by atoms with van der Waals surface area (Å²) in [5.74, 6) is 0.580. The Labute approximate surface area is 108 Å². The second-order valence-corrected chi connectivity index (χ2v) is 4.61. The maximum Gasteiger partial charge on any atom is 0.251 e. The number of hydrogen-bond donors (Lipinski definition) is 2. The zero-order chi connectivity index (χ0) is 11.5. The molecule has 0 heterocycles. The van der Waals surface area contributed by atoms with Crippen LogP contribution in [0.25, 0.3) is 0 Å². The molecule has 0 aliphatic heterocycles. The molecular weight excluding hydrogens is 236 g/mol. The first-order valence-electron chi connectivity index (χ1n) is 5.83. The number of amides is 1. The minimum Gasteiger partial charge on any atom is -0.399 e. The van der Waals surface area contributed by atoms with Gasteiger partial charge in [0.05, 0.1) is 0 Å². The average molecular weight is 255 g/mol. The van der Waals surface area contributed by atoms with Crippen molar-refractivity contribution in [1.82, 2.24) is 5.32 Å². The Kier molecular flexibility index (Phi) is 4.82. The van der Waals surface area contributed by atoms with Crippen LogP contribution in [0.4, 0.5) is 5.69 Å². The third kappa shape index (κ3) is 3.37. The highest BCUT2D eigenvalue weighted by atomic mass is 35.5. The molecule has 2 atom stereocenters. The highest BCUT2D eigenvalue weighted by molar-refractivity contribution is 5.95. The summed E-state index contributed by atoms with van der Waals surface area (Å²) in [6.07, 6.45) is 3.51. The van der Waals surface area contributed by atoms with Gasteiger partial charge < -0.3 is 11.1 Å². The SMILES string of the molecule is CC1CCCC1NC(=O)c1cccc(N)c1.Cl. The Morgan fingerprint density at radius 3 is 2.76 bits per heavy atom. The van der Waals surface area contributed by atoms with E-state index >= 15 is 0 Å². The Bertz CT molecular complexity index is 395. The van der Waals surface area contributed by atoms with E-state index < -0.39 is 0 Å². The van der Waals surface area contributed by atoms with E-state index in [-0.39, 0.29) is 18.3 Å². The van der Waals surface area contributed by atoms with E-state index in [1.807, 2.05) is 6.07 Å². The van der Waals surface area contributed by atoms with Crippen LogP contribution in [-0.2, 0) is 0 Å².